The van der Waals surface area contributed by atoms with Gasteiger partial charge in [-0.15, -0.1) is 7.92 Å². The average Bonchev–Trinajstić information content (AvgIpc) is 2.45. The predicted molar refractivity (Wildman–Crippen MR) is 107 cm³/mol. The summed E-state index contributed by atoms with van der Waals surface area (Å²) in [5.41, 5.74) is -5.53. The van der Waals surface area contributed by atoms with Crippen LogP contribution in [0, 0.1) is 51.9 Å². The molecule has 1 rings (SSSR count). The monoisotopic (exact) mass is 604 g/mol. The van der Waals surface area contributed by atoms with E-state index in [9.17, 15) is 13.2 Å². The van der Waals surface area contributed by atoms with Crippen LogP contribution in [0.4, 0.5) is 13.2 Å². The van der Waals surface area contributed by atoms with Crippen LogP contribution in [-0.4, -0.2) is 38.5 Å². The fourth-order valence-electron chi connectivity index (χ4n) is 2.39. The van der Waals surface area contributed by atoms with Crippen molar-refractivity contribution in [3.63, 3.8) is 0 Å². The summed E-state index contributed by atoms with van der Waals surface area (Å²) in [6, 6.07) is 0. The molecule has 1 aliphatic carbocycles. The quantitative estimate of drug-likeness (QED) is 0.154. The minimum Gasteiger partial charge on any atom is -0.358 e. The van der Waals surface area contributed by atoms with Crippen molar-refractivity contribution in [1.82, 2.24) is 0 Å². The summed E-state index contributed by atoms with van der Waals surface area (Å²) in [6.45, 7) is 18.7. The molecule has 0 unspecified atom stereocenters. The molecule has 1 N–H and O–H groups in total. The van der Waals surface area contributed by atoms with Crippen LogP contribution < -0.4 is 0 Å². The molecule has 0 amide bonds. The van der Waals surface area contributed by atoms with Gasteiger partial charge < -0.3 is 22.3 Å². The molecule has 0 bridgehead atoms. The van der Waals surface area contributed by atoms with Crippen molar-refractivity contribution in [3.8, 4) is 0 Å². The second-order valence-corrected chi connectivity index (χ2v) is 10.7. The molecule has 0 spiro atoms. The summed E-state index contributed by atoms with van der Waals surface area (Å²) in [6.07, 6.45) is 0. The first-order valence-corrected chi connectivity index (χ1v) is 11.3. The van der Waals surface area contributed by atoms with E-state index in [2.05, 4.69) is 54.6 Å². The first-order chi connectivity index (χ1) is 9.54. The van der Waals surface area contributed by atoms with Crippen LogP contribution in [0.2, 0.25) is 0 Å². The Bertz CT molecular complexity index is 370. The van der Waals surface area contributed by atoms with Gasteiger partial charge in [0.15, 0.2) is 0 Å². The predicted octanol–water partition coefficient (Wildman–Crippen LogP) is 6.28. The van der Waals surface area contributed by atoms with E-state index < -0.39 is 15.6 Å². The summed E-state index contributed by atoms with van der Waals surface area (Å²) in [7, 11) is -5.46. The van der Waals surface area contributed by atoms with Crippen LogP contribution >= 0.6 is 7.92 Å². The van der Waals surface area contributed by atoms with Crippen molar-refractivity contribution in [3.05, 3.63) is 22.3 Å². The number of hydrogen-bond donors (Lipinski definition) is 1. The third kappa shape index (κ3) is 15.8. The fourth-order valence-corrected chi connectivity index (χ4v) is 2.39. The Morgan fingerprint density at radius 2 is 0.808 bits per heavy atom. The number of rotatable bonds is 0. The van der Waals surface area contributed by atoms with Gasteiger partial charge in [-0.2, -0.15) is 21.6 Å². The molecule has 3 nitrogen and oxygen atoms in total. The molecule has 0 atom stereocenters. The summed E-state index contributed by atoms with van der Waals surface area (Å²) >= 11 is 0. The second-order valence-electron chi connectivity index (χ2n) is 6.56. The van der Waals surface area contributed by atoms with Crippen LogP contribution in [0.3, 0.4) is 0 Å². The van der Waals surface area contributed by atoms with Gasteiger partial charge in [0.25, 0.3) is 0 Å². The van der Waals surface area contributed by atoms with E-state index in [-0.39, 0.29) is 42.4 Å². The number of hydrogen-bond acceptors (Lipinski definition) is 2. The van der Waals surface area contributed by atoms with Crippen molar-refractivity contribution in [2.75, 3.05) is 20.0 Å². The zero-order valence-electron chi connectivity index (χ0n) is 18.0. The molecule has 0 aromatic rings. The van der Waals surface area contributed by atoms with E-state index in [4.69, 9.17) is 13.0 Å². The van der Waals surface area contributed by atoms with Gasteiger partial charge in [0.2, 0.25) is 0 Å². The largest absolute Gasteiger partial charge is 3.00 e. The topological polar surface area (TPSA) is 54.4 Å². The molecule has 0 aliphatic heterocycles. The third-order valence-electron chi connectivity index (χ3n) is 4.44. The van der Waals surface area contributed by atoms with E-state index in [0.29, 0.717) is 7.92 Å². The van der Waals surface area contributed by atoms with E-state index in [0.717, 1.165) is 29.6 Å². The SMILES string of the molecule is CC1C(C)C(C)C(C)C1C.CP(C)C.O=S(=O)(O)C(F)(F)F.[CH3-].[CH3-].[CH3-].[Ir+3]. The first kappa shape index (κ1) is 41.2. The van der Waals surface area contributed by atoms with Crippen molar-refractivity contribution in [2.24, 2.45) is 29.6 Å². The van der Waals surface area contributed by atoms with E-state index >= 15 is 0 Å². The van der Waals surface area contributed by atoms with Crippen LogP contribution in [0.15, 0.2) is 0 Å². The molecule has 0 aromatic carbocycles. The number of halogens is 3. The van der Waals surface area contributed by atoms with Crippen LogP contribution in [0.1, 0.15) is 34.6 Å². The van der Waals surface area contributed by atoms with Gasteiger partial charge in [-0.05, 0) is 49.6 Å². The Hall–Kier alpha value is 0.779. The molecule has 0 saturated heterocycles. The Morgan fingerprint density at radius 3 is 0.846 bits per heavy atom. The molecule has 9 heteroatoms. The van der Waals surface area contributed by atoms with Crippen molar-refractivity contribution >= 4 is 18.0 Å². The third-order valence-corrected chi connectivity index (χ3v) is 5.02. The number of alkyl halides is 3. The molecule has 1 saturated carbocycles. The minimum absolute atomic E-state index is 0. The molecular weight excluding hydrogens is 564 g/mol. The van der Waals surface area contributed by atoms with Gasteiger partial charge >= 0.3 is 35.7 Å². The van der Waals surface area contributed by atoms with E-state index in [1.54, 1.807) is 0 Å². The maximum Gasteiger partial charge on any atom is 3.00 e. The molecular formula is C17H39F3IrO3PS. The van der Waals surface area contributed by atoms with E-state index in [1.807, 2.05) is 0 Å². The minimum atomic E-state index is -5.84. The van der Waals surface area contributed by atoms with Gasteiger partial charge in [0.1, 0.15) is 0 Å². The van der Waals surface area contributed by atoms with Gasteiger partial charge in [0.05, 0.1) is 0 Å². The second kappa shape index (κ2) is 16.7. The molecule has 26 heavy (non-hydrogen) atoms. The average molecular weight is 604 g/mol. The van der Waals surface area contributed by atoms with Crippen molar-refractivity contribution < 1.29 is 46.2 Å². The molecule has 0 heterocycles. The van der Waals surface area contributed by atoms with Gasteiger partial charge in [-0.3, -0.25) is 4.55 Å². The summed E-state index contributed by atoms with van der Waals surface area (Å²) in [5.74, 6) is 4.68. The van der Waals surface area contributed by atoms with Crippen molar-refractivity contribution in [1.29, 1.82) is 0 Å². The molecule has 166 valence electrons. The Kier molecular flexibility index (Phi) is 26.5. The van der Waals surface area contributed by atoms with Gasteiger partial charge in [-0.1, -0.05) is 34.6 Å². The Morgan fingerprint density at radius 1 is 0.731 bits per heavy atom. The van der Waals surface area contributed by atoms with Gasteiger partial charge in [0, 0.05) is 0 Å². The Labute approximate surface area is 176 Å². The first-order valence-electron chi connectivity index (χ1n) is 7.18. The zero-order valence-corrected chi connectivity index (χ0v) is 22.1. The zero-order chi connectivity index (χ0) is 18.5. The van der Waals surface area contributed by atoms with Crippen LogP contribution in [0.25, 0.3) is 0 Å². The van der Waals surface area contributed by atoms with Crippen LogP contribution in [0.5, 0.6) is 0 Å². The molecule has 1 aliphatic rings. The summed E-state index contributed by atoms with van der Waals surface area (Å²) in [5, 5.41) is 0. The normalized spacial score (nSPS) is 27.0. The van der Waals surface area contributed by atoms with E-state index in [1.165, 1.54) is 0 Å². The smallest absolute Gasteiger partial charge is 0.358 e. The maximum absolute atomic E-state index is 10.7. The van der Waals surface area contributed by atoms with Crippen LogP contribution in [-0.2, 0) is 30.2 Å². The summed E-state index contributed by atoms with van der Waals surface area (Å²) in [4.78, 5) is 0. The maximum atomic E-state index is 10.7. The van der Waals surface area contributed by atoms with Crippen molar-refractivity contribution in [2.45, 2.75) is 40.1 Å². The summed E-state index contributed by atoms with van der Waals surface area (Å²) < 4.78 is 57.5. The molecule has 0 aromatic heterocycles. The van der Waals surface area contributed by atoms with Gasteiger partial charge in [-0.25, -0.2) is 0 Å². The Balaban J connectivity index is -0.0000000575. The molecule has 0 radical (unpaired) electrons. The standard InChI is InChI=1S/C10H20.C3H9P.CHF3O3S.3CH3.Ir/c1-6-7(2)9(4)10(5)8(6)3;1-4(2)3;2-1(3,4)8(5,6)7;;;;/h6-10H,1-5H3;1-3H3;(H,5,6,7);3*1H3;/q;;;3*-1;+3. The molecule has 1 fully saturated rings. The fraction of sp³-hybridized carbons (Fsp3) is 0.824.